The van der Waals surface area contributed by atoms with Crippen molar-refractivity contribution in [3.05, 3.63) is 0 Å². The molecule has 5 heteroatoms. The highest BCUT2D eigenvalue weighted by atomic mass is 16.3. The Labute approximate surface area is 130 Å². The van der Waals surface area contributed by atoms with Crippen LogP contribution < -0.4 is 10.6 Å². The minimum absolute atomic E-state index is 0.106. The van der Waals surface area contributed by atoms with Crippen LogP contribution in [0.4, 0.5) is 0 Å². The van der Waals surface area contributed by atoms with Gasteiger partial charge in [-0.15, -0.1) is 0 Å². The zero-order valence-electron chi connectivity index (χ0n) is 14.2. The molecule has 3 N–H and O–H groups in total. The molecule has 0 spiro atoms. The van der Waals surface area contributed by atoms with Gasteiger partial charge in [-0.3, -0.25) is 9.89 Å². The summed E-state index contributed by atoms with van der Waals surface area (Å²) in [6.07, 6.45) is 3.74. The molecule has 1 unspecified atom stereocenters. The maximum absolute atomic E-state index is 9.58. The van der Waals surface area contributed by atoms with Crippen LogP contribution in [-0.2, 0) is 0 Å². The number of hydrogen-bond donors (Lipinski definition) is 3. The average Bonchev–Trinajstić information content (AvgIpc) is 2.48. The third kappa shape index (κ3) is 6.66. The average molecular weight is 298 g/mol. The molecule has 0 amide bonds. The number of likely N-dealkylation sites (N-methyl/N-ethyl adjacent to an activating group) is 1. The molecule has 1 aliphatic carbocycles. The van der Waals surface area contributed by atoms with Gasteiger partial charge in [0.2, 0.25) is 0 Å². The Morgan fingerprint density at radius 1 is 1.19 bits per heavy atom. The van der Waals surface area contributed by atoms with Crippen LogP contribution >= 0.6 is 0 Å². The fourth-order valence-corrected chi connectivity index (χ4v) is 2.92. The molecular formula is C16H34N4O. The molecule has 0 aromatic heterocycles. The van der Waals surface area contributed by atoms with E-state index in [1.807, 2.05) is 0 Å². The van der Waals surface area contributed by atoms with Crippen molar-refractivity contribution in [3.63, 3.8) is 0 Å². The topological polar surface area (TPSA) is 59.9 Å². The van der Waals surface area contributed by atoms with Crippen LogP contribution in [0.5, 0.6) is 0 Å². The summed E-state index contributed by atoms with van der Waals surface area (Å²) in [6.45, 7) is 12.5. The maximum atomic E-state index is 9.58. The zero-order valence-corrected chi connectivity index (χ0v) is 14.2. The number of aliphatic imine (C=N–C) groups is 1. The van der Waals surface area contributed by atoms with Crippen molar-refractivity contribution in [2.24, 2.45) is 4.99 Å². The fraction of sp³-hybridized carbons (Fsp3) is 0.938. The molecule has 1 fully saturated rings. The molecule has 5 nitrogen and oxygen atoms in total. The first-order chi connectivity index (χ1) is 10.1. The van der Waals surface area contributed by atoms with E-state index in [1.54, 1.807) is 0 Å². The standard InChI is InChI=1S/C16H34N4O/c1-5-17-16(18-12-13(4)20(6-2)7-3)19-14-8-10-15(21)11-9-14/h13-15,21H,5-12H2,1-4H3,(H2,17,18,19). The molecule has 0 aromatic carbocycles. The number of hydrogen-bond acceptors (Lipinski definition) is 3. The van der Waals surface area contributed by atoms with Crippen molar-refractivity contribution in [3.8, 4) is 0 Å². The van der Waals surface area contributed by atoms with Crippen molar-refractivity contribution in [1.82, 2.24) is 15.5 Å². The van der Waals surface area contributed by atoms with Gasteiger partial charge in [-0.1, -0.05) is 13.8 Å². The summed E-state index contributed by atoms with van der Waals surface area (Å²) < 4.78 is 0. The fourth-order valence-electron chi connectivity index (χ4n) is 2.92. The Bertz CT molecular complexity index is 297. The Kier molecular flexibility index (Phi) is 8.69. The third-order valence-electron chi connectivity index (χ3n) is 4.33. The summed E-state index contributed by atoms with van der Waals surface area (Å²) in [4.78, 5) is 7.15. The lowest BCUT2D eigenvalue weighted by Crippen LogP contribution is -2.46. The second-order valence-electron chi connectivity index (χ2n) is 5.94. The second-order valence-corrected chi connectivity index (χ2v) is 5.94. The number of nitrogens with one attached hydrogen (secondary N) is 2. The SMILES string of the molecule is CCNC(=NCC(C)N(CC)CC)NC1CCC(O)CC1. The first kappa shape index (κ1) is 18.2. The second kappa shape index (κ2) is 10.0. The molecule has 1 atom stereocenters. The zero-order chi connectivity index (χ0) is 15.7. The smallest absolute Gasteiger partial charge is 0.191 e. The van der Waals surface area contributed by atoms with E-state index in [1.165, 1.54) is 0 Å². The van der Waals surface area contributed by atoms with Gasteiger partial charge in [-0.05, 0) is 52.6 Å². The largest absolute Gasteiger partial charge is 0.393 e. The van der Waals surface area contributed by atoms with E-state index in [0.717, 1.165) is 57.8 Å². The van der Waals surface area contributed by atoms with Gasteiger partial charge in [-0.25, -0.2) is 0 Å². The van der Waals surface area contributed by atoms with Gasteiger partial charge in [0.05, 0.1) is 12.6 Å². The molecule has 1 rings (SSSR count). The van der Waals surface area contributed by atoms with Crippen molar-refractivity contribution in [2.75, 3.05) is 26.2 Å². The molecular weight excluding hydrogens is 264 g/mol. The number of nitrogens with zero attached hydrogens (tertiary/aromatic N) is 2. The Hall–Kier alpha value is -0.810. The number of aliphatic hydroxyl groups is 1. The Morgan fingerprint density at radius 2 is 1.81 bits per heavy atom. The molecule has 0 bridgehead atoms. The molecule has 124 valence electrons. The van der Waals surface area contributed by atoms with Crippen LogP contribution in [0, 0.1) is 0 Å². The van der Waals surface area contributed by atoms with Crippen molar-refractivity contribution in [2.45, 2.75) is 71.6 Å². The first-order valence-corrected chi connectivity index (χ1v) is 8.57. The number of aliphatic hydroxyl groups excluding tert-OH is 1. The van der Waals surface area contributed by atoms with Gasteiger partial charge in [0.1, 0.15) is 0 Å². The van der Waals surface area contributed by atoms with E-state index < -0.39 is 0 Å². The summed E-state index contributed by atoms with van der Waals surface area (Å²) in [6, 6.07) is 0.901. The first-order valence-electron chi connectivity index (χ1n) is 8.57. The lowest BCUT2D eigenvalue weighted by Gasteiger charge is -2.28. The highest BCUT2D eigenvalue weighted by molar-refractivity contribution is 5.80. The Morgan fingerprint density at radius 3 is 2.33 bits per heavy atom. The molecule has 0 saturated heterocycles. The monoisotopic (exact) mass is 298 g/mol. The van der Waals surface area contributed by atoms with E-state index in [2.05, 4.69) is 43.2 Å². The number of rotatable bonds is 7. The van der Waals surface area contributed by atoms with Gasteiger partial charge >= 0.3 is 0 Å². The molecule has 0 heterocycles. The van der Waals surface area contributed by atoms with Gasteiger partial charge < -0.3 is 15.7 Å². The van der Waals surface area contributed by atoms with Gasteiger partial charge in [0.25, 0.3) is 0 Å². The van der Waals surface area contributed by atoms with E-state index in [0.29, 0.717) is 12.1 Å². The molecule has 1 saturated carbocycles. The van der Waals surface area contributed by atoms with Crippen LogP contribution in [0.3, 0.4) is 0 Å². The number of guanidine groups is 1. The predicted molar refractivity (Wildman–Crippen MR) is 89.8 cm³/mol. The van der Waals surface area contributed by atoms with Gasteiger partial charge in [0, 0.05) is 18.6 Å². The van der Waals surface area contributed by atoms with E-state index in [9.17, 15) is 5.11 Å². The van der Waals surface area contributed by atoms with E-state index in [-0.39, 0.29) is 6.10 Å². The minimum atomic E-state index is -0.106. The summed E-state index contributed by atoms with van der Waals surface area (Å²) in [5, 5.41) is 16.4. The van der Waals surface area contributed by atoms with Crippen molar-refractivity contribution in [1.29, 1.82) is 0 Å². The predicted octanol–water partition coefficient (Wildman–Crippen LogP) is 1.58. The van der Waals surface area contributed by atoms with Crippen LogP contribution in [-0.4, -0.2) is 60.3 Å². The van der Waals surface area contributed by atoms with Gasteiger partial charge in [0.15, 0.2) is 5.96 Å². The summed E-state index contributed by atoms with van der Waals surface area (Å²) >= 11 is 0. The van der Waals surface area contributed by atoms with Crippen LogP contribution in [0.2, 0.25) is 0 Å². The molecule has 0 aromatic rings. The lowest BCUT2D eigenvalue weighted by atomic mass is 9.93. The Balaban J connectivity index is 2.49. The molecule has 1 aliphatic rings. The highest BCUT2D eigenvalue weighted by Gasteiger charge is 2.20. The van der Waals surface area contributed by atoms with Crippen molar-refractivity contribution >= 4 is 5.96 Å². The van der Waals surface area contributed by atoms with Crippen LogP contribution in [0.25, 0.3) is 0 Å². The highest BCUT2D eigenvalue weighted by Crippen LogP contribution is 2.18. The van der Waals surface area contributed by atoms with Crippen LogP contribution in [0.1, 0.15) is 53.4 Å². The van der Waals surface area contributed by atoms with E-state index in [4.69, 9.17) is 4.99 Å². The molecule has 0 aliphatic heterocycles. The lowest BCUT2D eigenvalue weighted by molar-refractivity contribution is 0.120. The normalized spacial score (nSPS) is 25.0. The third-order valence-corrected chi connectivity index (χ3v) is 4.33. The minimum Gasteiger partial charge on any atom is -0.393 e. The maximum Gasteiger partial charge on any atom is 0.191 e. The molecule has 0 radical (unpaired) electrons. The summed E-state index contributed by atoms with van der Waals surface area (Å²) in [5.74, 6) is 0.915. The quantitative estimate of drug-likeness (QED) is 0.493. The van der Waals surface area contributed by atoms with Gasteiger partial charge in [-0.2, -0.15) is 0 Å². The summed E-state index contributed by atoms with van der Waals surface area (Å²) in [7, 11) is 0. The van der Waals surface area contributed by atoms with E-state index >= 15 is 0 Å². The molecule has 21 heavy (non-hydrogen) atoms. The van der Waals surface area contributed by atoms with Crippen LogP contribution in [0.15, 0.2) is 4.99 Å². The van der Waals surface area contributed by atoms with Crippen molar-refractivity contribution < 1.29 is 5.11 Å². The summed E-state index contributed by atoms with van der Waals surface area (Å²) in [5.41, 5.74) is 0.